The number of hydrogen-bond donors (Lipinski definition) is 0. The highest BCUT2D eigenvalue weighted by Gasteiger charge is 2.31. The van der Waals surface area contributed by atoms with Gasteiger partial charge in [-0.15, -0.1) is 0 Å². The summed E-state index contributed by atoms with van der Waals surface area (Å²) in [5.74, 6) is -0.829. The number of carbonyl (C=O) groups excluding carboxylic acids is 1. The molecule has 0 aromatic heterocycles. The number of halogens is 2. The molecule has 4 heteroatoms. The lowest BCUT2D eigenvalue weighted by molar-refractivity contribution is -0.127. The van der Waals surface area contributed by atoms with Gasteiger partial charge in [-0.1, -0.05) is 30.3 Å². The van der Waals surface area contributed by atoms with E-state index in [9.17, 15) is 13.6 Å². The largest absolute Gasteiger partial charge is 0.332 e. The fraction of sp³-hybridized carbons (Fsp3) is 0.211. The maximum Gasteiger partial charge on any atom is 0.247 e. The lowest BCUT2D eigenvalue weighted by Crippen LogP contribution is -2.31. The molecule has 0 saturated heterocycles. The molecular formula is C19H17F2NO. The van der Waals surface area contributed by atoms with Crippen molar-refractivity contribution in [3.63, 3.8) is 0 Å². The fourth-order valence-corrected chi connectivity index (χ4v) is 2.46. The number of benzene rings is 2. The third-order valence-electron chi connectivity index (χ3n) is 3.84. The molecule has 1 saturated carbocycles. The van der Waals surface area contributed by atoms with Crippen LogP contribution in [-0.4, -0.2) is 16.8 Å². The monoisotopic (exact) mass is 313 g/mol. The van der Waals surface area contributed by atoms with E-state index in [4.69, 9.17) is 0 Å². The van der Waals surface area contributed by atoms with Gasteiger partial charge >= 0.3 is 0 Å². The molecule has 1 fully saturated rings. The summed E-state index contributed by atoms with van der Waals surface area (Å²) < 4.78 is 26.9. The lowest BCUT2D eigenvalue weighted by Gasteiger charge is -2.21. The summed E-state index contributed by atoms with van der Waals surface area (Å²) in [7, 11) is 0. The standard InChI is InChI=1S/C19H17F2NO/c20-16-6-3-4-14(12-16)8-11-19(23)22(17-9-10-17)13-15-5-1-2-7-18(15)21/h1-8,11-12,17H,9-10,13H2/b11-8+. The van der Waals surface area contributed by atoms with Gasteiger partial charge in [0.25, 0.3) is 0 Å². The van der Waals surface area contributed by atoms with Crippen molar-refractivity contribution in [3.05, 3.63) is 77.4 Å². The summed E-state index contributed by atoms with van der Waals surface area (Å²) in [4.78, 5) is 14.1. The molecule has 0 unspecified atom stereocenters. The first-order valence-electron chi connectivity index (χ1n) is 7.61. The van der Waals surface area contributed by atoms with Gasteiger partial charge in [0, 0.05) is 24.2 Å². The summed E-state index contributed by atoms with van der Waals surface area (Å²) in [6.07, 6.45) is 4.89. The lowest BCUT2D eigenvalue weighted by atomic mass is 10.1. The average molecular weight is 313 g/mol. The van der Waals surface area contributed by atoms with Crippen LogP contribution in [0, 0.1) is 11.6 Å². The minimum absolute atomic E-state index is 0.166. The Labute approximate surface area is 134 Å². The molecule has 2 aromatic rings. The Bertz CT molecular complexity index is 738. The van der Waals surface area contributed by atoms with Gasteiger partial charge in [0.1, 0.15) is 11.6 Å². The summed E-state index contributed by atoms with van der Waals surface area (Å²) >= 11 is 0. The topological polar surface area (TPSA) is 20.3 Å². The zero-order chi connectivity index (χ0) is 16.2. The van der Waals surface area contributed by atoms with Crippen molar-refractivity contribution in [1.29, 1.82) is 0 Å². The van der Waals surface area contributed by atoms with Crippen molar-refractivity contribution in [2.75, 3.05) is 0 Å². The van der Waals surface area contributed by atoms with Crippen LogP contribution in [0.3, 0.4) is 0 Å². The Kier molecular flexibility index (Phi) is 4.51. The van der Waals surface area contributed by atoms with Gasteiger partial charge in [-0.3, -0.25) is 4.79 Å². The predicted octanol–water partition coefficient (Wildman–Crippen LogP) is 4.17. The number of rotatable bonds is 5. The Morgan fingerprint density at radius 1 is 1.13 bits per heavy atom. The van der Waals surface area contributed by atoms with E-state index in [1.165, 1.54) is 24.3 Å². The van der Waals surface area contributed by atoms with Crippen molar-refractivity contribution >= 4 is 12.0 Å². The van der Waals surface area contributed by atoms with Crippen LogP contribution in [0.1, 0.15) is 24.0 Å². The van der Waals surface area contributed by atoms with Crippen LogP contribution in [0.2, 0.25) is 0 Å². The summed E-state index contributed by atoms with van der Waals surface area (Å²) in [6, 6.07) is 12.7. The van der Waals surface area contributed by atoms with Crippen LogP contribution in [0.4, 0.5) is 8.78 Å². The van der Waals surface area contributed by atoms with Gasteiger partial charge in [-0.25, -0.2) is 8.78 Å². The second-order valence-electron chi connectivity index (χ2n) is 5.68. The van der Waals surface area contributed by atoms with Gasteiger partial charge in [0.05, 0.1) is 0 Å². The maximum absolute atomic E-state index is 13.8. The van der Waals surface area contributed by atoms with Crippen LogP contribution in [0.5, 0.6) is 0 Å². The molecule has 0 atom stereocenters. The molecule has 0 aliphatic heterocycles. The number of amides is 1. The highest BCUT2D eigenvalue weighted by molar-refractivity contribution is 5.92. The molecule has 0 heterocycles. The Morgan fingerprint density at radius 2 is 1.91 bits per heavy atom. The summed E-state index contributed by atoms with van der Waals surface area (Å²) in [5.41, 5.74) is 1.13. The minimum atomic E-state index is -0.343. The van der Waals surface area contributed by atoms with Gasteiger partial charge in [-0.2, -0.15) is 0 Å². The summed E-state index contributed by atoms with van der Waals surface area (Å²) in [5, 5.41) is 0. The van der Waals surface area contributed by atoms with Gasteiger partial charge < -0.3 is 4.90 Å². The van der Waals surface area contributed by atoms with Crippen LogP contribution >= 0.6 is 0 Å². The van der Waals surface area contributed by atoms with Gasteiger partial charge in [0.2, 0.25) is 5.91 Å². The Morgan fingerprint density at radius 3 is 2.61 bits per heavy atom. The van der Waals surface area contributed by atoms with Crippen LogP contribution < -0.4 is 0 Å². The quantitative estimate of drug-likeness (QED) is 0.759. The molecule has 23 heavy (non-hydrogen) atoms. The normalized spacial score (nSPS) is 14.2. The highest BCUT2D eigenvalue weighted by atomic mass is 19.1. The van der Waals surface area contributed by atoms with Gasteiger partial charge in [0.15, 0.2) is 0 Å². The number of nitrogens with zero attached hydrogens (tertiary/aromatic N) is 1. The highest BCUT2D eigenvalue weighted by Crippen LogP contribution is 2.29. The second-order valence-corrected chi connectivity index (χ2v) is 5.68. The third kappa shape index (κ3) is 4.03. The predicted molar refractivity (Wildman–Crippen MR) is 85.4 cm³/mol. The molecule has 2 aromatic carbocycles. The van der Waals surface area contributed by atoms with E-state index in [0.717, 1.165) is 12.8 Å². The summed E-state index contributed by atoms with van der Waals surface area (Å²) in [6.45, 7) is 0.254. The van der Waals surface area contributed by atoms with E-state index >= 15 is 0 Å². The van der Waals surface area contributed by atoms with Crippen molar-refractivity contribution in [2.45, 2.75) is 25.4 Å². The van der Waals surface area contributed by atoms with Crippen LogP contribution in [0.25, 0.3) is 6.08 Å². The minimum Gasteiger partial charge on any atom is -0.332 e. The molecule has 118 valence electrons. The molecule has 3 rings (SSSR count). The van der Waals surface area contributed by atoms with Crippen molar-refractivity contribution in [1.82, 2.24) is 4.90 Å². The smallest absolute Gasteiger partial charge is 0.247 e. The molecule has 1 aliphatic carbocycles. The first kappa shape index (κ1) is 15.4. The first-order chi connectivity index (χ1) is 11.1. The molecule has 0 bridgehead atoms. The van der Waals surface area contributed by atoms with Crippen LogP contribution in [0.15, 0.2) is 54.6 Å². The van der Waals surface area contributed by atoms with Crippen molar-refractivity contribution in [3.8, 4) is 0 Å². The molecule has 0 spiro atoms. The number of carbonyl (C=O) groups is 1. The molecule has 0 radical (unpaired) electrons. The molecular weight excluding hydrogens is 296 g/mol. The maximum atomic E-state index is 13.8. The Balaban J connectivity index is 1.73. The van der Waals surface area contributed by atoms with Crippen LogP contribution in [-0.2, 0) is 11.3 Å². The van der Waals surface area contributed by atoms with E-state index in [2.05, 4.69) is 0 Å². The zero-order valence-electron chi connectivity index (χ0n) is 12.6. The molecule has 0 N–H and O–H groups in total. The Hall–Kier alpha value is -2.49. The van der Waals surface area contributed by atoms with E-state index < -0.39 is 0 Å². The fourth-order valence-electron chi connectivity index (χ4n) is 2.46. The number of hydrogen-bond acceptors (Lipinski definition) is 1. The third-order valence-corrected chi connectivity index (χ3v) is 3.84. The van der Waals surface area contributed by atoms with Crippen molar-refractivity contribution < 1.29 is 13.6 Å². The van der Waals surface area contributed by atoms with E-state index in [0.29, 0.717) is 11.1 Å². The zero-order valence-corrected chi connectivity index (χ0v) is 12.6. The van der Waals surface area contributed by atoms with Gasteiger partial charge in [-0.05, 0) is 42.7 Å². The molecule has 1 aliphatic rings. The molecule has 2 nitrogen and oxygen atoms in total. The first-order valence-corrected chi connectivity index (χ1v) is 7.61. The van der Waals surface area contributed by atoms with Crippen molar-refractivity contribution in [2.24, 2.45) is 0 Å². The van der Waals surface area contributed by atoms with E-state index in [-0.39, 0.29) is 30.1 Å². The average Bonchev–Trinajstić information content (AvgIpc) is 3.37. The molecule has 1 amide bonds. The SMILES string of the molecule is O=C(/C=C/c1cccc(F)c1)N(Cc1ccccc1F)C1CC1. The van der Waals surface area contributed by atoms with E-state index in [1.54, 1.807) is 41.3 Å². The second kappa shape index (κ2) is 6.73. The van der Waals surface area contributed by atoms with E-state index in [1.807, 2.05) is 0 Å².